The summed E-state index contributed by atoms with van der Waals surface area (Å²) in [5.74, 6) is -1.93. The molecule has 1 atom stereocenters. The van der Waals surface area contributed by atoms with Gasteiger partial charge in [0.1, 0.15) is 0 Å². The van der Waals surface area contributed by atoms with Gasteiger partial charge in [0.05, 0.1) is 0 Å². The zero-order valence-corrected chi connectivity index (χ0v) is 12.3. The van der Waals surface area contributed by atoms with E-state index in [1.54, 1.807) is 0 Å². The van der Waals surface area contributed by atoms with Gasteiger partial charge in [-0.05, 0) is 0 Å². The van der Waals surface area contributed by atoms with Gasteiger partial charge in [-0.2, -0.15) is 0 Å². The van der Waals surface area contributed by atoms with Crippen molar-refractivity contribution < 1.29 is 31.1 Å². The number of hydrogen-bond donors (Lipinski definition) is 3. The number of carbonyl (C=O) groups excluding carboxylic acids is 3. The third-order valence-corrected chi connectivity index (χ3v) is 5.11. The van der Waals surface area contributed by atoms with Gasteiger partial charge >= 0.3 is 116 Å². The van der Waals surface area contributed by atoms with Crippen molar-refractivity contribution in [3.63, 3.8) is 0 Å². The second-order valence-electron chi connectivity index (χ2n) is 3.74. The maximum atomic E-state index is 12.0. The van der Waals surface area contributed by atoms with Crippen LogP contribution >= 0.6 is 0 Å². The van der Waals surface area contributed by atoms with E-state index in [1.807, 2.05) is 0 Å². The minimum atomic E-state index is -5.28. The number of carbonyl (C=O) groups is 3. The standard InChI is InChI=1S/C11H12AsNO7/c1-7(15)13-10-6-8(16)2-3-9(10)12(18,19)20-11(17)4-5-14/h2-3,5-6,16H,4H2,1H3,(H,13,15)(H,18,19). The first-order valence-corrected chi connectivity index (χ1v) is 8.67. The summed E-state index contributed by atoms with van der Waals surface area (Å²) in [5.41, 5.74) is -0.138. The van der Waals surface area contributed by atoms with Crippen molar-refractivity contribution in [1.29, 1.82) is 0 Å². The second-order valence-corrected chi connectivity index (χ2v) is 7.31. The predicted octanol–water partition coefficient (Wildman–Crippen LogP) is -0.949. The molecule has 1 rings (SSSR count). The molecule has 0 heterocycles. The van der Waals surface area contributed by atoms with E-state index in [1.165, 1.54) is 6.92 Å². The van der Waals surface area contributed by atoms with Gasteiger partial charge in [0.15, 0.2) is 0 Å². The molecule has 0 bridgehead atoms. The topological polar surface area (TPSA) is 130 Å². The Morgan fingerprint density at radius 1 is 1.45 bits per heavy atom. The van der Waals surface area contributed by atoms with Crippen molar-refractivity contribution in [3.05, 3.63) is 18.2 Å². The first-order valence-electron chi connectivity index (χ1n) is 5.36. The molecule has 1 aromatic rings. The summed E-state index contributed by atoms with van der Waals surface area (Å²) in [6.45, 7) is 1.17. The van der Waals surface area contributed by atoms with Crippen LogP contribution in [0, 0.1) is 0 Å². The molecule has 3 N–H and O–H groups in total. The summed E-state index contributed by atoms with van der Waals surface area (Å²) < 4.78 is 25.9. The molecule has 1 aromatic carbocycles. The van der Waals surface area contributed by atoms with Crippen molar-refractivity contribution >= 4 is 42.4 Å². The van der Waals surface area contributed by atoms with E-state index in [-0.39, 0.29) is 22.1 Å². The number of nitrogens with one attached hydrogen (secondary N) is 1. The monoisotopic (exact) mass is 345 g/mol. The number of aromatic hydroxyl groups is 1. The van der Waals surface area contributed by atoms with Crippen LogP contribution < -0.4 is 9.67 Å². The number of hydrogen-bond acceptors (Lipinski definition) is 6. The van der Waals surface area contributed by atoms with Crippen LogP contribution in [0.1, 0.15) is 13.3 Å². The minimum absolute atomic E-state index is 0.138. The number of phenols is 1. The molecule has 0 radical (unpaired) electrons. The third kappa shape index (κ3) is 4.25. The molecule has 0 aliphatic heterocycles. The molecule has 0 fully saturated rings. The van der Waals surface area contributed by atoms with E-state index >= 15 is 0 Å². The molecule has 20 heavy (non-hydrogen) atoms. The van der Waals surface area contributed by atoms with Crippen LogP contribution in [0.15, 0.2) is 18.2 Å². The first-order chi connectivity index (χ1) is 9.26. The first kappa shape index (κ1) is 16.0. The average Bonchev–Trinajstić information content (AvgIpc) is 2.26. The Hall–Kier alpha value is -2.05. The van der Waals surface area contributed by atoms with Gasteiger partial charge in [0.2, 0.25) is 0 Å². The van der Waals surface area contributed by atoms with Crippen molar-refractivity contribution in [2.75, 3.05) is 5.32 Å². The fourth-order valence-corrected chi connectivity index (χ4v) is 3.74. The van der Waals surface area contributed by atoms with Crippen LogP contribution in [0.4, 0.5) is 5.69 Å². The van der Waals surface area contributed by atoms with E-state index in [4.69, 9.17) is 0 Å². The molecule has 0 spiro atoms. The van der Waals surface area contributed by atoms with Crippen LogP contribution in [0.25, 0.3) is 0 Å². The third-order valence-electron chi connectivity index (χ3n) is 2.07. The second kappa shape index (κ2) is 6.40. The zero-order valence-electron chi connectivity index (χ0n) is 10.4. The molecule has 9 heteroatoms. The Morgan fingerprint density at radius 2 is 2.10 bits per heavy atom. The Balaban J connectivity index is 3.16. The van der Waals surface area contributed by atoms with E-state index in [0.29, 0.717) is 0 Å². The normalized spacial score (nSPS) is 13.1. The van der Waals surface area contributed by atoms with Gasteiger partial charge in [0, 0.05) is 0 Å². The number of aldehydes is 1. The number of amides is 1. The number of rotatable bonds is 5. The summed E-state index contributed by atoms with van der Waals surface area (Å²) >= 11 is -5.28. The number of phenolic OH excluding ortho intramolecular Hbond substituents is 1. The van der Waals surface area contributed by atoms with Crippen LogP contribution in [0.3, 0.4) is 0 Å². The SMILES string of the molecule is CC(=O)Nc1cc(O)ccc1[As](=O)(O)OC(=O)CC=O. The molecule has 0 saturated carbocycles. The van der Waals surface area contributed by atoms with E-state index < -0.39 is 32.5 Å². The Labute approximate surface area is 116 Å². The van der Waals surface area contributed by atoms with Gasteiger partial charge in [0.25, 0.3) is 0 Å². The molecule has 0 aromatic heterocycles. The van der Waals surface area contributed by atoms with Gasteiger partial charge in [-0.1, -0.05) is 0 Å². The maximum absolute atomic E-state index is 12.0. The Kier molecular flexibility index (Phi) is 5.12. The molecule has 0 aliphatic carbocycles. The van der Waals surface area contributed by atoms with E-state index in [2.05, 4.69) is 9.04 Å². The van der Waals surface area contributed by atoms with Crippen LogP contribution in [-0.4, -0.2) is 41.5 Å². The van der Waals surface area contributed by atoms with Gasteiger partial charge in [-0.25, -0.2) is 0 Å². The van der Waals surface area contributed by atoms with Crippen molar-refractivity contribution in [2.24, 2.45) is 0 Å². The molecule has 0 aliphatic rings. The molecular formula is C11H12AsNO7. The average molecular weight is 345 g/mol. The summed E-state index contributed by atoms with van der Waals surface area (Å²) in [4.78, 5) is 32.3. The number of anilines is 1. The van der Waals surface area contributed by atoms with E-state index in [9.17, 15) is 27.3 Å². The van der Waals surface area contributed by atoms with Crippen molar-refractivity contribution in [3.8, 4) is 5.75 Å². The summed E-state index contributed by atoms with van der Waals surface area (Å²) in [6, 6.07) is 3.22. The molecule has 1 unspecified atom stereocenters. The molecule has 8 nitrogen and oxygen atoms in total. The quantitative estimate of drug-likeness (QED) is 0.356. The zero-order chi connectivity index (χ0) is 15.3. The fourth-order valence-electron chi connectivity index (χ4n) is 1.35. The van der Waals surface area contributed by atoms with Gasteiger partial charge in [-0.15, -0.1) is 0 Å². The van der Waals surface area contributed by atoms with Gasteiger partial charge in [-0.3, -0.25) is 0 Å². The summed E-state index contributed by atoms with van der Waals surface area (Å²) in [5, 5.41) is 11.6. The Morgan fingerprint density at radius 3 is 2.65 bits per heavy atom. The number of benzene rings is 1. The summed E-state index contributed by atoms with van der Waals surface area (Å²) in [6.07, 6.45) is -0.414. The van der Waals surface area contributed by atoms with Crippen LogP contribution in [0.5, 0.6) is 5.75 Å². The molecule has 0 saturated heterocycles. The van der Waals surface area contributed by atoms with Crippen molar-refractivity contribution in [2.45, 2.75) is 13.3 Å². The summed E-state index contributed by atoms with van der Waals surface area (Å²) in [7, 11) is 0. The van der Waals surface area contributed by atoms with Gasteiger partial charge < -0.3 is 0 Å². The molecular weight excluding hydrogens is 333 g/mol. The fraction of sp³-hybridized carbons (Fsp3) is 0.182. The molecule has 108 valence electrons. The van der Waals surface area contributed by atoms with Crippen molar-refractivity contribution in [1.82, 2.24) is 0 Å². The van der Waals surface area contributed by atoms with Crippen LogP contribution in [0.2, 0.25) is 0 Å². The molecule has 1 amide bonds. The predicted molar refractivity (Wildman–Crippen MR) is 67.5 cm³/mol. The Bertz CT molecular complexity index is 598. The van der Waals surface area contributed by atoms with E-state index in [0.717, 1.165) is 18.2 Å². The van der Waals surface area contributed by atoms with Crippen LogP contribution in [-0.2, 0) is 21.8 Å².